The summed E-state index contributed by atoms with van der Waals surface area (Å²) in [6.07, 6.45) is 1.64. The van der Waals surface area contributed by atoms with E-state index in [1.165, 1.54) is 16.7 Å². The van der Waals surface area contributed by atoms with Crippen molar-refractivity contribution in [1.82, 2.24) is 9.80 Å². The summed E-state index contributed by atoms with van der Waals surface area (Å²) in [6.45, 7) is 9.60. The van der Waals surface area contributed by atoms with Crippen molar-refractivity contribution in [2.45, 2.75) is 33.1 Å². The number of hydrogen-bond acceptors (Lipinski definition) is 4. The summed E-state index contributed by atoms with van der Waals surface area (Å²) in [5, 5.41) is 8.87. The predicted molar refractivity (Wildman–Crippen MR) is 98.3 cm³/mol. The van der Waals surface area contributed by atoms with Gasteiger partial charge >= 0.3 is 0 Å². The van der Waals surface area contributed by atoms with Gasteiger partial charge in [0.1, 0.15) is 0 Å². The molecule has 1 amide bonds. The SMILES string of the molecule is Cc1ccc(CCC(=O)N(CCC#N)CCN2CCOCC2)c(C)c1. The van der Waals surface area contributed by atoms with Crippen LogP contribution in [-0.4, -0.2) is 61.6 Å². The van der Waals surface area contributed by atoms with Crippen LogP contribution in [0.2, 0.25) is 0 Å². The van der Waals surface area contributed by atoms with E-state index in [9.17, 15) is 4.79 Å². The Balaban J connectivity index is 1.86. The summed E-state index contributed by atoms with van der Waals surface area (Å²) in [7, 11) is 0. The zero-order chi connectivity index (χ0) is 18.1. The molecule has 1 saturated heterocycles. The molecule has 1 aliphatic rings. The Morgan fingerprint density at radius 2 is 2.04 bits per heavy atom. The smallest absolute Gasteiger partial charge is 0.222 e. The van der Waals surface area contributed by atoms with Gasteiger partial charge in [-0.3, -0.25) is 9.69 Å². The van der Waals surface area contributed by atoms with Gasteiger partial charge in [-0.1, -0.05) is 23.8 Å². The van der Waals surface area contributed by atoms with Crippen molar-refractivity contribution >= 4 is 5.91 Å². The Labute approximate surface area is 151 Å². The summed E-state index contributed by atoms with van der Waals surface area (Å²) in [5.74, 6) is 0.142. The minimum absolute atomic E-state index is 0.142. The molecule has 25 heavy (non-hydrogen) atoms. The van der Waals surface area contributed by atoms with Crippen LogP contribution in [0.25, 0.3) is 0 Å². The van der Waals surface area contributed by atoms with E-state index in [4.69, 9.17) is 10.00 Å². The predicted octanol–water partition coefficient (Wildman–Crippen LogP) is 2.31. The molecule has 0 spiro atoms. The largest absolute Gasteiger partial charge is 0.379 e. The number of nitrogens with zero attached hydrogens (tertiary/aromatic N) is 3. The van der Waals surface area contributed by atoms with Gasteiger partial charge in [-0.05, 0) is 31.4 Å². The molecule has 5 nitrogen and oxygen atoms in total. The number of rotatable bonds is 8. The highest BCUT2D eigenvalue weighted by atomic mass is 16.5. The van der Waals surface area contributed by atoms with Crippen molar-refractivity contribution < 1.29 is 9.53 Å². The molecule has 0 aromatic heterocycles. The fourth-order valence-electron chi connectivity index (χ4n) is 3.16. The number of aryl methyl sites for hydroxylation is 3. The highest BCUT2D eigenvalue weighted by Crippen LogP contribution is 2.13. The number of benzene rings is 1. The van der Waals surface area contributed by atoms with Gasteiger partial charge in [-0.25, -0.2) is 0 Å². The molecule has 1 aromatic carbocycles. The maximum absolute atomic E-state index is 12.6. The van der Waals surface area contributed by atoms with Crippen LogP contribution in [0.3, 0.4) is 0 Å². The van der Waals surface area contributed by atoms with Crippen molar-refractivity contribution in [2.75, 3.05) is 45.9 Å². The molecule has 1 heterocycles. The Morgan fingerprint density at radius 3 is 2.72 bits per heavy atom. The molecule has 0 aliphatic carbocycles. The Morgan fingerprint density at radius 1 is 1.28 bits per heavy atom. The van der Waals surface area contributed by atoms with Gasteiger partial charge in [0.25, 0.3) is 0 Å². The highest BCUT2D eigenvalue weighted by molar-refractivity contribution is 5.76. The number of carbonyl (C=O) groups is 1. The molecule has 1 fully saturated rings. The number of amides is 1. The topological polar surface area (TPSA) is 56.6 Å². The maximum atomic E-state index is 12.6. The van der Waals surface area contributed by atoms with Crippen LogP contribution >= 0.6 is 0 Å². The van der Waals surface area contributed by atoms with Crippen LogP contribution in [-0.2, 0) is 16.0 Å². The average molecular weight is 343 g/mol. The van der Waals surface area contributed by atoms with Gasteiger partial charge in [0.05, 0.1) is 25.7 Å². The van der Waals surface area contributed by atoms with E-state index in [1.807, 2.05) is 4.90 Å². The fourth-order valence-corrected chi connectivity index (χ4v) is 3.16. The molecular formula is C20H29N3O2. The van der Waals surface area contributed by atoms with E-state index in [0.29, 0.717) is 25.9 Å². The van der Waals surface area contributed by atoms with E-state index < -0.39 is 0 Å². The molecule has 0 bridgehead atoms. The molecule has 1 aromatic rings. The Kier molecular flexibility index (Phi) is 7.90. The third-order valence-electron chi connectivity index (χ3n) is 4.74. The fraction of sp³-hybridized carbons (Fsp3) is 0.600. The molecule has 2 rings (SSSR count). The average Bonchev–Trinajstić information content (AvgIpc) is 2.61. The minimum atomic E-state index is 0.142. The van der Waals surface area contributed by atoms with Crippen molar-refractivity contribution in [3.8, 4) is 6.07 Å². The van der Waals surface area contributed by atoms with Crippen molar-refractivity contribution in [2.24, 2.45) is 0 Å². The second-order valence-electron chi connectivity index (χ2n) is 6.67. The van der Waals surface area contributed by atoms with E-state index in [2.05, 4.69) is 43.0 Å². The summed E-state index contributed by atoms with van der Waals surface area (Å²) >= 11 is 0. The van der Waals surface area contributed by atoms with Crippen molar-refractivity contribution in [3.05, 3.63) is 34.9 Å². The number of nitriles is 1. The van der Waals surface area contributed by atoms with E-state index in [-0.39, 0.29) is 5.91 Å². The molecule has 0 radical (unpaired) electrons. The van der Waals surface area contributed by atoms with Crippen LogP contribution < -0.4 is 0 Å². The maximum Gasteiger partial charge on any atom is 0.222 e. The summed E-state index contributed by atoms with van der Waals surface area (Å²) in [6, 6.07) is 8.52. The van der Waals surface area contributed by atoms with Gasteiger partial charge in [-0.2, -0.15) is 5.26 Å². The molecule has 0 unspecified atom stereocenters. The quantitative estimate of drug-likeness (QED) is 0.727. The molecular weight excluding hydrogens is 314 g/mol. The number of ether oxygens (including phenoxy) is 1. The van der Waals surface area contributed by atoms with Crippen LogP contribution in [0.4, 0.5) is 0 Å². The number of carbonyl (C=O) groups excluding carboxylic acids is 1. The van der Waals surface area contributed by atoms with E-state index >= 15 is 0 Å². The third kappa shape index (κ3) is 6.49. The Bertz CT molecular complexity index is 603. The molecule has 0 atom stereocenters. The number of morpholine rings is 1. The molecule has 1 aliphatic heterocycles. The second kappa shape index (κ2) is 10.2. The van der Waals surface area contributed by atoms with E-state index in [0.717, 1.165) is 39.3 Å². The van der Waals surface area contributed by atoms with Crippen LogP contribution in [0.1, 0.15) is 29.5 Å². The first-order valence-electron chi connectivity index (χ1n) is 9.11. The van der Waals surface area contributed by atoms with Gasteiger partial charge in [0.15, 0.2) is 0 Å². The van der Waals surface area contributed by atoms with Crippen molar-refractivity contribution in [1.29, 1.82) is 5.26 Å². The first-order valence-corrected chi connectivity index (χ1v) is 9.11. The van der Waals surface area contributed by atoms with Crippen LogP contribution in [0.15, 0.2) is 18.2 Å². The van der Waals surface area contributed by atoms with Crippen molar-refractivity contribution in [3.63, 3.8) is 0 Å². The van der Waals surface area contributed by atoms with E-state index in [1.54, 1.807) is 0 Å². The standard InChI is InChI=1S/C20H29N3O2/c1-17-4-5-19(18(2)16-17)6-7-20(24)23(9-3-8-21)11-10-22-12-14-25-15-13-22/h4-5,16H,3,6-7,9-15H2,1-2H3. The third-order valence-corrected chi connectivity index (χ3v) is 4.74. The first kappa shape index (κ1) is 19.4. The highest BCUT2D eigenvalue weighted by Gasteiger charge is 2.16. The molecule has 0 saturated carbocycles. The van der Waals surface area contributed by atoms with Gasteiger partial charge in [0.2, 0.25) is 5.91 Å². The molecule has 0 N–H and O–H groups in total. The molecule has 136 valence electrons. The van der Waals surface area contributed by atoms with Gasteiger partial charge in [-0.15, -0.1) is 0 Å². The monoisotopic (exact) mass is 343 g/mol. The van der Waals surface area contributed by atoms with Gasteiger partial charge < -0.3 is 9.64 Å². The molecule has 5 heteroatoms. The minimum Gasteiger partial charge on any atom is -0.379 e. The van der Waals surface area contributed by atoms with Crippen LogP contribution in [0.5, 0.6) is 0 Å². The summed E-state index contributed by atoms with van der Waals surface area (Å²) in [4.78, 5) is 16.8. The lowest BCUT2D eigenvalue weighted by atomic mass is 10.0. The lowest BCUT2D eigenvalue weighted by Crippen LogP contribution is -2.43. The lowest BCUT2D eigenvalue weighted by Gasteiger charge is -2.30. The Hall–Kier alpha value is -1.90. The summed E-state index contributed by atoms with van der Waals surface area (Å²) in [5.41, 5.74) is 3.71. The summed E-state index contributed by atoms with van der Waals surface area (Å²) < 4.78 is 5.36. The second-order valence-corrected chi connectivity index (χ2v) is 6.67. The van der Waals surface area contributed by atoms with Crippen LogP contribution in [0, 0.1) is 25.2 Å². The lowest BCUT2D eigenvalue weighted by molar-refractivity contribution is -0.131. The number of hydrogen-bond donors (Lipinski definition) is 0. The zero-order valence-corrected chi connectivity index (χ0v) is 15.5. The first-order chi connectivity index (χ1) is 12.1. The van der Waals surface area contributed by atoms with Gasteiger partial charge in [0, 0.05) is 39.1 Å². The zero-order valence-electron chi connectivity index (χ0n) is 15.5. The normalized spacial score (nSPS) is 14.9.